The van der Waals surface area contributed by atoms with Crippen LogP contribution in [0.15, 0.2) is 206 Å². The first-order valence-corrected chi connectivity index (χ1v) is 18.5. The average molecular weight is 703 g/mol. The molecule has 55 heavy (non-hydrogen) atoms. The highest BCUT2D eigenvalue weighted by atomic mass is 15.0. The van der Waals surface area contributed by atoms with Crippen molar-refractivity contribution in [3.8, 4) is 73.2 Å². The second-order valence-electron chi connectivity index (χ2n) is 13.7. The van der Waals surface area contributed by atoms with Gasteiger partial charge in [-0.25, -0.2) is 15.0 Å². The van der Waals surface area contributed by atoms with E-state index in [9.17, 15) is 0 Å². The Morgan fingerprint density at radius 1 is 0.255 bits per heavy atom. The van der Waals surface area contributed by atoms with Gasteiger partial charge in [-0.1, -0.05) is 176 Å². The van der Waals surface area contributed by atoms with E-state index in [1.165, 1.54) is 38.5 Å². The highest BCUT2D eigenvalue weighted by Crippen LogP contribution is 2.36. The standard InChI is InChI=1S/C51H34N4/c1-4-12-35(13-5-1)37-20-24-41(25-21-37)50-52-49(40-16-8-3-9-17-40)53-51(54-50)42-26-22-38(23-27-42)39-28-31-44(32-29-39)55-47-19-11-10-18-45(47)46-34-43(30-33-48(46)55)36-14-6-2-7-15-36/h1-34H. The van der Waals surface area contributed by atoms with Gasteiger partial charge in [0, 0.05) is 33.2 Å². The van der Waals surface area contributed by atoms with Crippen LogP contribution < -0.4 is 0 Å². The summed E-state index contributed by atoms with van der Waals surface area (Å²) in [7, 11) is 0. The van der Waals surface area contributed by atoms with Crippen molar-refractivity contribution >= 4 is 21.8 Å². The smallest absolute Gasteiger partial charge is 0.164 e. The minimum Gasteiger partial charge on any atom is -0.309 e. The Hall–Kier alpha value is -7.43. The summed E-state index contributed by atoms with van der Waals surface area (Å²) in [4.78, 5) is 14.9. The molecule has 0 atom stereocenters. The SMILES string of the molecule is c1ccc(-c2ccc(-c3nc(-c4ccccc4)nc(-c4ccc(-c5ccc(-n6c7ccccc7c7cc(-c8ccccc8)ccc76)cc5)cc4)n3)cc2)cc1. The Balaban J connectivity index is 0.973. The summed E-state index contributed by atoms with van der Waals surface area (Å²) < 4.78 is 2.37. The summed E-state index contributed by atoms with van der Waals surface area (Å²) in [5, 5.41) is 2.49. The summed E-state index contributed by atoms with van der Waals surface area (Å²) in [6, 6.07) is 72.3. The quantitative estimate of drug-likeness (QED) is 0.166. The number of fused-ring (bicyclic) bond motifs is 3. The second kappa shape index (κ2) is 13.8. The largest absolute Gasteiger partial charge is 0.309 e. The number of nitrogens with zero attached hydrogens (tertiary/aromatic N) is 4. The van der Waals surface area contributed by atoms with E-state index >= 15 is 0 Å². The summed E-state index contributed by atoms with van der Waals surface area (Å²) in [6.07, 6.45) is 0. The van der Waals surface area contributed by atoms with E-state index < -0.39 is 0 Å². The zero-order valence-corrected chi connectivity index (χ0v) is 29.9. The van der Waals surface area contributed by atoms with Gasteiger partial charge in [0.15, 0.2) is 17.5 Å². The zero-order valence-electron chi connectivity index (χ0n) is 29.9. The number of aromatic nitrogens is 4. The summed E-state index contributed by atoms with van der Waals surface area (Å²) in [5.41, 5.74) is 13.4. The third kappa shape index (κ3) is 6.16. The molecule has 10 rings (SSSR count). The number of hydrogen-bond donors (Lipinski definition) is 0. The van der Waals surface area contributed by atoms with Gasteiger partial charge in [0.05, 0.1) is 11.0 Å². The maximum Gasteiger partial charge on any atom is 0.164 e. The lowest BCUT2D eigenvalue weighted by atomic mass is 10.0. The first-order chi connectivity index (χ1) is 27.2. The van der Waals surface area contributed by atoms with Crippen LogP contribution in [0, 0.1) is 0 Å². The van der Waals surface area contributed by atoms with E-state index in [0.29, 0.717) is 17.5 Å². The molecule has 4 nitrogen and oxygen atoms in total. The summed E-state index contributed by atoms with van der Waals surface area (Å²) >= 11 is 0. The van der Waals surface area contributed by atoms with Crippen molar-refractivity contribution in [1.29, 1.82) is 0 Å². The van der Waals surface area contributed by atoms with E-state index in [1.54, 1.807) is 0 Å². The molecule has 258 valence electrons. The Bertz CT molecular complexity index is 2920. The zero-order chi connectivity index (χ0) is 36.6. The van der Waals surface area contributed by atoms with Crippen LogP contribution >= 0.6 is 0 Å². The molecule has 0 unspecified atom stereocenters. The molecule has 0 aliphatic carbocycles. The van der Waals surface area contributed by atoms with Crippen molar-refractivity contribution in [2.45, 2.75) is 0 Å². The maximum absolute atomic E-state index is 4.99. The lowest BCUT2D eigenvalue weighted by Gasteiger charge is -2.11. The molecule has 0 bridgehead atoms. The molecular formula is C51H34N4. The van der Waals surface area contributed by atoms with Crippen molar-refractivity contribution < 1.29 is 0 Å². The van der Waals surface area contributed by atoms with E-state index in [4.69, 9.17) is 15.0 Å². The molecule has 0 N–H and O–H groups in total. The van der Waals surface area contributed by atoms with Gasteiger partial charge in [0.1, 0.15) is 0 Å². The minimum atomic E-state index is 0.639. The van der Waals surface area contributed by atoms with Crippen molar-refractivity contribution in [2.75, 3.05) is 0 Å². The van der Waals surface area contributed by atoms with Crippen LogP contribution in [0.25, 0.3) is 95.0 Å². The highest BCUT2D eigenvalue weighted by molar-refractivity contribution is 6.10. The number of para-hydroxylation sites is 1. The normalized spacial score (nSPS) is 11.3. The van der Waals surface area contributed by atoms with Crippen molar-refractivity contribution in [2.24, 2.45) is 0 Å². The summed E-state index contributed by atoms with van der Waals surface area (Å²) in [5.74, 6) is 1.93. The van der Waals surface area contributed by atoms with Crippen LogP contribution in [-0.4, -0.2) is 19.5 Å². The average Bonchev–Trinajstić information content (AvgIpc) is 3.61. The monoisotopic (exact) mass is 702 g/mol. The van der Waals surface area contributed by atoms with Gasteiger partial charge in [-0.15, -0.1) is 0 Å². The molecule has 0 fully saturated rings. The van der Waals surface area contributed by atoms with Crippen LogP contribution in [0.4, 0.5) is 0 Å². The van der Waals surface area contributed by atoms with Crippen LogP contribution in [0.5, 0.6) is 0 Å². The van der Waals surface area contributed by atoms with Gasteiger partial charge < -0.3 is 4.57 Å². The van der Waals surface area contributed by atoms with E-state index in [-0.39, 0.29) is 0 Å². The molecule has 8 aromatic carbocycles. The number of hydrogen-bond acceptors (Lipinski definition) is 3. The molecule has 10 aromatic rings. The molecule has 0 aliphatic heterocycles. The van der Waals surface area contributed by atoms with E-state index in [2.05, 4.69) is 174 Å². The molecule has 0 saturated heterocycles. The fourth-order valence-corrected chi connectivity index (χ4v) is 7.47. The molecule has 0 spiro atoms. The first-order valence-electron chi connectivity index (χ1n) is 18.5. The second-order valence-corrected chi connectivity index (χ2v) is 13.7. The molecule has 0 aliphatic rings. The van der Waals surface area contributed by atoms with Crippen molar-refractivity contribution in [1.82, 2.24) is 19.5 Å². The molecule has 4 heteroatoms. The van der Waals surface area contributed by atoms with Gasteiger partial charge in [-0.05, 0) is 63.7 Å². The minimum absolute atomic E-state index is 0.639. The van der Waals surface area contributed by atoms with Crippen LogP contribution in [0.1, 0.15) is 0 Å². The van der Waals surface area contributed by atoms with Crippen LogP contribution in [0.3, 0.4) is 0 Å². The van der Waals surface area contributed by atoms with Crippen LogP contribution in [-0.2, 0) is 0 Å². The Morgan fingerprint density at radius 3 is 1.13 bits per heavy atom. The van der Waals surface area contributed by atoms with Crippen LogP contribution in [0.2, 0.25) is 0 Å². The molecule has 0 amide bonds. The van der Waals surface area contributed by atoms with Gasteiger partial charge in [-0.3, -0.25) is 0 Å². The first kappa shape index (κ1) is 32.2. The highest BCUT2D eigenvalue weighted by Gasteiger charge is 2.15. The number of rotatable bonds is 7. The fourth-order valence-electron chi connectivity index (χ4n) is 7.47. The number of benzene rings is 8. The fraction of sp³-hybridized carbons (Fsp3) is 0. The lowest BCUT2D eigenvalue weighted by Crippen LogP contribution is -2.00. The molecule has 0 radical (unpaired) electrons. The maximum atomic E-state index is 4.99. The van der Waals surface area contributed by atoms with Crippen molar-refractivity contribution in [3.63, 3.8) is 0 Å². The van der Waals surface area contributed by atoms with Crippen molar-refractivity contribution in [3.05, 3.63) is 206 Å². The Labute approximate surface area is 319 Å². The summed E-state index contributed by atoms with van der Waals surface area (Å²) in [6.45, 7) is 0. The Kier molecular flexibility index (Phi) is 8.12. The lowest BCUT2D eigenvalue weighted by molar-refractivity contribution is 1.07. The predicted molar refractivity (Wildman–Crippen MR) is 227 cm³/mol. The molecule has 2 heterocycles. The topological polar surface area (TPSA) is 43.6 Å². The third-order valence-corrected chi connectivity index (χ3v) is 10.3. The molecule has 2 aromatic heterocycles. The van der Waals surface area contributed by atoms with E-state index in [0.717, 1.165) is 39.1 Å². The van der Waals surface area contributed by atoms with E-state index in [1.807, 2.05) is 36.4 Å². The van der Waals surface area contributed by atoms with Gasteiger partial charge >= 0.3 is 0 Å². The van der Waals surface area contributed by atoms with Gasteiger partial charge in [0.25, 0.3) is 0 Å². The molecular weight excluding hydrogens is 669 g/mol. The molecule has 0 saturated carbocycles. The van der Waals surface area contributed by atoms with Gasteiger partial charge in [0.2, 0.25) is 0 Å². The van der Waals surface area contributed by atoms with Gasteiger partial charge in [-0.2, -0.15) is 0 Å². The predicted octanol–water partition coefficient (Wildman–Crippen LogP) is 13.0. The Morgan fingerprint density at radius 2 is 0.600 bits per heavy atom. The third-order valence-electron chi connectivity index (χ3n) is 10.3.